The Morgan fingerprint density at radius 3 is 1.80 bits per heavy atom. The van der Waals surface area contributed by atoms with Gasteiger partial charge in [0.05, 0.1) is 11.0 Å². The van der Waals surface area contributed by atoms with Crippen LogP contribution in [0.4, 0.5) is 0 Å². The molecule has 0 fully saturated rings. The van der Waals surface area contributed by atoms with Gasteiger partial charge in [0, 0.05) is 20.9 Å². The van der Waals surface area contributed by atoms with Crippen LogP contribution < -0.4 is 0 Å². The van der Waals surface area contributed by atoms with E-state index in [9.17, 15) is 0 Å². The molecule has 0 spiro atoms. The number of hydrogen-bond donors (Lipinski definition) is 0. The Kier molecular flexibility index (Phi) is 4.28. The predicted molar refractivity (Wildman–Crippen MR) is 130 cm³/mol. The van der Waals surface area contributed by atoms with E-state index < -0.39 is 0 Å². The number of halogens is 1. The Hall–Kier alpha value is -2.84. The smallest absolute Gasteiger partial charge is 0.0541 e. The summed E-state index contributed by atoms with van der Waals surface area (Å²) in [4.78, 5) is 0. The van der Waals surface area contributed by atoms with Gasteiger partial charge in [0.25, 0.3) is 0 Å². The van der Waals surface area contributed by atoms with Crippen LogP contribution in [0.3, 0.4) is 0 Å². The number of benzene rings is 4. The molecule has 2 heteroatoms. The number of aryl methyl sites for hydroxylation is 4. The predicted octanol–water partition coefficient (Wildman–Crippen LogP) is 7.43. The lowest BCUT2D eigenvalue weighted by Crippen LogP contribution is -2.05. The first-order chi connectivity index (χ1) is 14.8. The van der Waals surface area contributed by atoms with Gasteiger partial charge < -0.3 is 4.57 Å². The van der Waals surface area contributed by atoms with Crippen molar-refractivity contribution in [3.05, 3.63) is 112 Å². The second-order valence-corrected chi connectivity index (χ2v) is 9.11. The molecule has 0 saturated carbocycles. The minimum Gasteiger partial charge on any atom is -0.309 e. The summed E-state index contributed by atoms with van der Waals surface area (Å²) in [6, 6.07) is 31.6. The van der Waals surface area contributed by atoms with Gasteiger partial charge in [-0.05, 0) is 72.2 Å². The fraction of sp³-hybridized carbons (Fsp3) is 0.143. The monoisotopic (exact) mass is 451 g/mol. The molecule has 0 amide bonds. The van der Waals surface area contributed by atoms with Gasteiger partial charge in [-0.25, -0.2) is 0 Å². The topological polar surface area (TPSA) is 4.93 Å². The molecule has 1 heterocycles. The minimum absolute atomic E-state index is 1.03. The summed E-state index contributed by atoms with van der Waals surface area (Å²) in [5.41, 5.74) is 9.49. The molecule has 4 bridgehead atoms. The molecule has 0 unspecified atom stereocenters. The first kappa shape index (κ1) is 18.0. The fourth-order valence-electron chi connectivity index (χ4n) is 4.87. The molecule has 0 atom stereocenters. The van der Waals surface area contributed by atoms with E-state index in [0.29, 0.717) is 0 Å². The van der Waals surface area contributed by atoms with E-state index in [1.54, 1.807) is 0 Å². The molecule has 1 nitrogen and oxygen atoms in total. The van der Waals surface area contributed by atoms with Gasteiger partial charge in [-0.1, -0.05) is 76.6 Å². The number of rotatable bonds is 1. The molecule has 0 saturated heterocycles. The Morgan fingerprint density at radius 2 is 1.13 bits per heavy atom. The first-order valence-electron chi connectivity index (χ1n) is 10.7. The van der Waals surface area contributed by atoms with Gasteiger partial charge in [-0.2, -0.15) is 0 Å². The third-order valence-corrected chi connectivity index (χ3v) is 7.19. The number of nitrogens with zero attached hydrogens (tertiary/aromatic N) is 1. The average Bonchev–Trinajstić information content (AvgIpc) is 3.10. The summed E-state index contributed by atoms with van der Waals surface area (Å²) >= 11 is 3.78. The van der Waals surface area contributed by atoms with Gasteiger partial charge >= 0.3 is 0 Å². The number of aromatic nitrogens is 1. The minimum atomic E-state index is 1.03. The number of fused-ring (bicyclic) bond motifs is 3. The van der Waals surface area contributed by atoms with Crippen molar-refractivity contribution >= 4 is 37.7 Å². The van der Waals surface area contributed by atoms with Crippen molar-refractivity contribution in [2.75, 3.05) is 0 Å². The van der Waals surface area contributed by atoms with Crippen molar-refractivity contribution in [2.24, 2.45) is 0 Å². The number of para-hydroxylation sites is 2. The average molecular weight is 452 g/mol. The molecule has 4 aliphatic carbocycles. The van der Waals surface area contributed by atoms with Crippen molar-refractivity contribution in [1.29, 1.82) is 0 Å². The third kappa shape index (κ3) is 2.90. The molecular formula is C28H22BrN. The zero-order chi connectivity index (χ0) is 20.1. The first-order valence-corrected chi connectivity index (χ1v) is 11.4. The Labute approximate surface area is 185 Å². The highest BCUT2D eigenvalue weighted by atomic mass is 79.9. The standard InChI is InChI=1S/C28H22BrN/c29-25-17-19-9-13-21(25)14-10-20-12-16-22(15-11-19)28(18-20)30-26-7-3-1-5-23(26)24-6-2-4-8-27(24)30/h1-9,12-13,16-18H,10-11,14-15H2. The molecule has 1 aromatic heterocycles. The summed E-state index contributed by atoms with van der Waals surface area (Å²) < 4.78 is 3.73. The van der Waals surface area contributed by atoms with Crippen LogP contribution >= 0.6 is 15.9 Å². The zero-order valence-electron chi connectivity index (χ0n) is 16.7. The van der Waals surface area contributed by atoms with E-state index >= 15 is 0 Å². The van der Waals surface area contributed by atoms with E-state index in [-0.39, 0.29) is 0 Å². The van der Waals surface area contributed by atoms with Crippen LogP contribution in [0.25, 0.3) is 27.5 Å². The Balaban J connectivity index is 1.60. The fourth-order valence-corrected chi connectivity index (χ4v) is 5.50. The van der Waals surface area contributed by atoms with E-state index in [1.165, 1.54) is 54.2 Å². The molecule has 9 rings (SSSR count). The maximum atomic E-state index is 3.78. The summed E-state index contributed by atoms with van der Waals surface area (Å²) in [5, 5.41) is 2.65. The van der Waals surface area contributed by atoms with Crippen LogP contribution in [0.5, 0.6) is 0 Å². The van der Waals surface area contributed by atoms with Gasteiger partial charge in [-0.3, -0.25) is 0 Å². The Bertz CT molecular complexity index is 1360. The van der Waals surface area contributed by atoms with E-state index in [1.807, 2.05) is 0 Å². The third-order valence-electron chi connectivity index (χ3n) is 6.45. The highest BCUT2D eigenvalue weighted by Crippen LogP contribution is 2.34. The number of hydrogen-bond acceptors (Lipinski definition) is 0. The molecule has 0 N–H and O–H groups in total. The van der Waals surface area contributed by atoms with Gasteiger partial charge in [-0.15, -0.1) is 0 Å². The summed E-state index contributed by atoms with van der Waals surface area (Å²) in [6.07, 6.45) is 4.17. The van der Waals surface area contributed by atoms with Crippen molar-refractivity contribution in [1.82, 2.24) is 4.57 Å². The highest BCUT2D eigenvalue weighted by molar-refractivity contribution is 9.10. The van der Waals surface area contributed by atoms with Crippen molar-refractivity contribution in [2.45, 2.75) is 25.7 Å². The van der Waals surface area contributed by atoms with E-state index in [0.717, 1.165) is 25.7 Å². The molecule has 4 aromatic carbocycles. The van der Waals surface area contributed by atoms with Gasteiger partial charge in [0.1, 0.15) is 0 Å². The van der Waals surface area contributed by atoms with E-state index in [4.69, 9.17) is 0 Å². The molecule has 0 radical (unpaired) electrons. The summed E-state index contributed by atoms with van der Waals surface area (Å²) in [5.74, 6) is 0. The van der Waals surface area contributed by atoms with Crippen LogP contribution in [-0.4, -0.2) is 4.57 Å². The molecule has 146 valence electrons. The lowest BCUT2D eigenvalue weighted by Gasteiger charge is -2.17. The summed E-state index contributed by atoms with van der Waals surface area (Å²) in [6.45, 7) is 0. The maximum absolute atomic E-state index is 3.78. The largest absolute Gasteiger partial charge is 0.309 e. The van der Waals surface area contributed by atoms with Crippen LogP contribution in [0.2, 0.25) is 0 Å². The molecular weight excluding hydrogens is 430 g/mol. The van der Waals surface area contributed by atoms with E-state index in [2.05, 4.69) is 105 Å². The lowest BCUT2D eigenvalue weighted by atomic mass is 9.95. The van der Waals surface area contributed by atoms with Crippen LogP contribution in [0.15, 0.2) is 89.4 Å². The molecule has 30 heavy (non-hydrogen) atoms. The molecule has 0 aliphatic heterocycles. The molecule has 5 aromatic rings. The van der Waals surface area contributed by atoms with Crippen molar-refractivity contribution in [3.63, 3.8) is 0 Å². The SMILES string of the molecule is Brc1cc2ccc1CCc1ccc(c(-n3c4ccccc4c4ccccc43)c1)CC2. The van der Waals surface area contributed by atoms with Gasteiger partial charge in [0.2, 0.25) is 0 Å². The zero-order valence-corrected chi connectivity index (χ0v) is 18.3. The second kappa shape index (κ2) is 7.14. The summed E-state index contributed by atoms with van der Waals surface area (Å²) in [7, 11) is 0. The second-order valence-electron chi connectivity index (χ2n) is 8.26. The lowest BCUT2D eigenvalue weighted by molar-refractivity contribution is 0.904. The van der Waals surface area contributed by atoms with Crippen LogP contribution in [0.1, 0.15) is 22.3 Å². The molecule has 4 aliphatic rings. The van der Waals surface area contributed by atoms with Crippen molar-refractivity contribution < 1.29 is 0 Å². The van der Waals surface area contributed by atoms with Gasteiger partial charge in [0.15, 0.2) is 0 Å². The highest BCUT2D eigenvalue weighted by Gasteiger charge is 2.16. The normalized spacial score (nSPS) is 13.6. The quantitative estimate of drug-likeness (QED) is 0.249. The van der Waals surface area contributed by atoms with Crippen molar-refractivity contribution in [3.8, 4) is 5.69 Å². The maximum Gasteiger partial charge on any atom is 0.0541 e. The Morgan fingerprint density at radius 1 is 0.567 bits per heavy atom. The van der Waals surface area contributed by atoms with Crippen LogP contribution in [-0.2, 0) is 25.7 Å². The van der Waals surface area contributed by atoms with Crippen LogP contribution in [0, 0.1) is 0 Å².